The largest absolute Gasteiger partial charge is 0.462 e. The van der Waals surface area contributed by atoms with Crippen LogP contribution in [-0.2, 0) is 13.2 Å². The molecule has 0 aliphatic carbocycles. The molecule has 0 aliphatic heterocycles. The lowest BCUT2D eigenvalue weighted by Gasteiger charge is -2.12. The van der Waals surface area contributed by atoms with E-state index < -0.39 is 12.7 Å². The first-order valence-electron chi connectivity index (χ1n) is 6.70. The second-order valence-electron chi connectivity index (χ2n) is 4.62. The molecule has 22 heavy (non-hydrogen) atoms. The molecule has 120 valence electrons. The molecule has 1 aromatic carbocycles. The Hall–Kier alpha value is -1.96. The number of benzene rings is 1. The summed E-state index contributed by atoms with van der Waals surface area (Å²) in [7, 11) is 0. The van der Waals surface area contributed by atoms with Crippen LogP contribution in [0.3, 0.4) is 0 Å². The third-order valence-corrected chi connectivity index (χ3v) is 3.00. The van der Waals surface area contributed by atoms with E-state index in [2.05, 4.69) is 10.1 Å². The zero-order valence-electron chi connectivity index (χ0n) is 11.7. The Kier molecular flexibility index (Phi) is 5.88. The number of nitrogens with one attached hydrogen (secondary N) is 1. The SMILES string of the molecule is OCc1ccc(CNCC(O)c2ccc(OC(F)F)cc2)o1. The summed E-state index contributed by atoms with van der Waals surface area (Å²) in [5, 5.41) is 21.9. The molecule has 0 aliphatic rings. The van der Waals surface area contributed by atoms with Crippen LogP contribution in [0.15, 0.2) is 40.8 Å². The lowest BCUT2D eigenvalue weighted by Crippen LogP contribution is -2.20. The summed E-state index contributed by atoms with van der Waals surface area (Å²) < 4.78 is 33.6. The van der Waals surface area contributed by atoms with Gasteiger partial charge < -0.3 is 24.7 Å². The second kappa shape index (κ2) is 7.88. The highest BCUT2D eigenvalue weighted by Gasteiger charge is 2.09. The molecule has 0 fully saturated rings. The molecular weight excluding hydrogens is 296 g/mol. The molecule has 0 radical (unpaired) electrons. The van der Waals surface area contributed by atoms with Gasteiger partial charge in [-0.3, -0.25) is 0 Å². The first-order chi connectivity index (χ1) is 10.6. The minimum atomic E-state index is -2.87. The topological polar surface area (TPSA) is 74.9 Å². The van der Waals surface area contributed by atoms with E-state index in [1.54, 1.807) is 12.1 Å². The van der Waals surface area contributed by atoms with Gasteiger partial charge in [0, 0.05) is 6.54 Å². The number of rotatable bonds is 8. The van der Waals surface area contributed by atoms with Gasteiger partial charge in [-0.2, -0.15) is 8.78 Å². The molecule has 0 amide bonds. The highest BCUT2D eigenvalue weighted by molar-refractivity contribution is 5.28. The van der Waals surface area contributed by atoms with Gasteiger partial charge in [0.25, 0.3) is 0 Å². The molecule has 1 heterocycles. The van der Waals surface area contributed by atoms with Crippen molar-refractivity contribution in [1.82, 2.24) is 5.32 Å². The van der Waals surface area contributed by atoms with Gasteiger partial charge in [-0.05, 0) is 29.8 Å². The van der Waals surface area contributed by atoms with Crippen molar-refractivity contribution in [1.29, 1.82) is 0 Å². The number of alkyl halides is 2. The average molecular weight is 313 g/mol. The Morgan fingerprint density at radius 2 is 1.77 bits per heavy atom. The minimum Gasteiger partial charge on any atom is -0.462 e. The average Bonchev–Trinajstić information content (AvgIpc) is 2.95. The van der Waals surface area contributed by atoms with Crippen LogP contribution in [0.4, 0.5) is 8.78 Å². The maximum Gasteiger partial charge on any atom is 0.387 e. The number of ether oxygens (including phenoxy) is 1. The lowest BCUT2D eigenvalue weighted by atomic mass is 10.1. The smallest absolute Gasteiger partial charge is 0.387 e. The van der Waals surface area contributed by atoms with Crippen molar-refractivity contribution in [3.05, 3.63) is 53.5 Å². The van der Waals surface area contributed by atoms with Crippen LogP contribution in [0.1, 0.15) is 23.2 Å². The zero-order valence-corrected chi connectivity index (χ0v) is 11.7. The van der Waals surface area contributed by atoms with E-state index >= 15 is 0 Å². The van der Waals surface area contributed by atoms with E-state index in [9.17, 15) is 13.9 Å². The molecule has 0 bridgehead atoms. The third kappa shape index (κ3) is 4.80. The Morgan fingerprint density at radius 1 is 1.09 bits per heavy atom. The predicted molar refractivity (Wildman–Crippen MR) is 74.4 cm³/mol. The Bertz CT molecular complexity index is 571. The Labute approximate surface area is 126 Å². The molecule has 1 aromatic heterocycles. The molecule has 3 N–H and O–H groups in total. The summed E-state index contributed by atoms with van der Waals surface area (Å²) in [6, 6.07) is 9.23. The molecule has 0 saturated carbocycles. The first-order valence-corrected chi connectivity index (χ1v) is 6.70. The normalized spacial score (nSPS) is 12.6. The van der Waals surface area contributed by atoms with Gasteiger partial charge in [-0.25, -0.2) is 0 Å². The van der Waals surface area contributed by atoms with Crippen LogP contribution in [0.5, 0.6) is 5.75 Å². The molecule has 2 aromatic rings. The number of furan rings is 1. The van der Waals surface area contributed by atoms with Crippen molar-refractivity contribution in [3.63, 3.8) is 0 Å². The van der Waals surface area contributed by atoms with Gasteiger partial charge in [-0.15, -0.1) is 0 Å². The fourth-order valence-corrected chi connectivity index (χ4v) is 1.92. The number of hydrogen-bond acceptors (Lipinski definition) is 5. The molecule has 5 nitrogen and oxygen atoms in total. The van der Waals surface area contributed by atoms with E-state index in [1.807, 2.05) is 0 Å². The number of aliphatic hydroxyl groups excluding tert-OH is 2. The van der Waals surface area contributed by atoms with Crippen molar-refractivity contribution in [2.75, 3.05) is 6.54 Å². The molecule has 7 heteroatoms. The zero-order chi connectivity index (χ0) is 15.9. The number of aliphatic hydroxyl groups is 2. The second-order valence-corrected chi connectivity index (χ2v) is 4.62. The van der Waals surface area contributed by atoms with Crippen molar-refractivity contribution < 1.29 is 28.1 Å². The van der Waals surface area contributed by atoms with Crippen LogP contribution in [-0.4, -0.2) is 23.4 Å². The maximum atomic E-state index is 12.0. The van der Waals surface area contributed by atoms with E-state index in [1.165, 1.54) is 24.3 Å². The quantitative estimate of drug-likeness (QED) is 0.696. The van der Waals surface area contributed by atoms with Gasteiger partial charge in [0.15, 0.2) is 0 Å². The molecule has 1 atom stereocenters. The summed E-state index contributed by atoms with van der Waals surface area (Å²) in [4.78, 5) is 0. The van der Waals surface area contributed by atoms with Crippen molar-refractivity contribution in [2.24, 2.45) is 0 Å². The highest BCUT2D eigenvalue weighted by atomic mass is 19.3. The fourth-order valence-electron chi connectivity index (χ4n) is 1.92. The molecule has 1 unspecified atom stereocenters. The maximum absolute atomic E-state index is 12.0. The standard InChI is InChI=1S/C15H17F2NO4/c16-15(17)22-11-3-1-10(2-4-11)14(20)8-18-7-12-5-6-13(9-19)21-12/h1-6,14-15,18-20H,7-9H2. The van der Waals surface area contributed by atoms with Crippen molar-refractivity contribution in [2.45, 2.75) is 25.9 Å². The van der Waals surface area contributed by atoms with Gasteiger partial charge in [0.05, 0.1) is 12.6 Å². The number of halogens is 2. The van der Waals surface area contributed by atoms with Gasteiger partial charge >= 0.3 is 6.61 Å². The van der Waals surface area contributed by atoms with Crippen molar-refractivity contribution in [3.8, 4) is 5.75 Å². The lowest BCUT2D eigenvalue weighted by molar-refractivity contribution is -0.0498. The highest BCUT2D eigenvalue weighted by Crippen LogP contribution is 2.19. The van der Waals surface area contributed by atoms with E-state index in [0.29, 0.717) is 23.6 Å². The third-order valence-electron chi connectivity index (χ3n) is 3.00. The minimum absolute atomic E-state index is 0.0472. The summed E-state index contributed by atoms with van der Waals surface area (Å²) in [5.41, 5.74) is 0.588. The van der Waals surface area contributed by atoms with Gasteiger partial charge in [0.1, 0.15) is 23.9 Å². The fraction of sp³-hybridized carbons (Fsp3) is 0.333. The van der Waals surface area contributed by atoms with E-state index in [0.717, 1.165) is 0 Å². The van der Waals surface area contributed by atoms with Gasteiger partial charge in [0.2, 0.25) is 0 Å². The number of hydrogen-bond donors (Lipinski definition) is 3. The molecule has 2 rings (SSSR count). The first kappa shape index (κ1) is 16.4. The summed E-state index contributed by atoms with van der Waals surface area (Å²) in [5.74, 6) is 1.18. The summed E-state index contributed by atoms with van der Waals surface area (Å²) >= 11 is 0. The van der Waals surface area contributed by atoms with Crippen LogP contribution < -0.4 is 10.1 Å². The monoisotopic (exact) mass is 313 g/mol. The summed E-state index contributed by atoms with van der Waals surface area (Å²) in [6.45, 7) is -2.35. The van der Waals surface area contributed by atoms with Crippen LogP contribution in [0.25, 0.3) is 0 Å². The van der Waals surface area contributed by atoms with E-state index in [-0.39, 0.29) is 18.9 Å². The van der Waals surface area contributed by atoms with Crippen LogP contribution in [0, 0.1) is 0 Å². The Balaban J connectivity index is 1.80. The molecule has 0 saturated heterocycles. The van der Waals surface area contributed by atoms with Crippen molar-refractivity contribution >= 4 is 0 Å². The molecule has 0 spiro atoms. The van der Waals surface area contributed by atoms with E-state index in [4.69, 9.17) is 9.52 Å². The molecular formula is C15H17F2NO4. The Morgan fingerprint density at radius 3 is 2.36 bits per heavy atom. The summed E-state index contributed by atoms with van der Waals surface area (Å²) in [6.07, 6.45) is -0.784. The van der Waals surface area contributed by atoms with Gasteiger partial charge in [-0.1, -0.05) is 12.1 Å². The predicted octanol–water partition coefficient (Wildman–Crippen LogP) is 2.20. The van der Waals surface area contributed by atoms with Crippen LogP contribution >= 0.6 is 0 Å². The van der Waals surface area contributed by atoms with Crippen LogP contribution in [0.2, 0.25) is 0 Å².